The number of hydrogen-bond acceptors (Lipinski definition) is 3. The number of aryl methyl sites for hydroxylation is 2. The van der Waals surface area contributed by atoms with Crippen molar-refractivity contribution in [3.63, 3.8) is 0 Å². The average Bonchev–Trinajstić information content (AvgIpc) is 2.35. The van der Waals surface area contributed by atoms with Crippen LogP contribution < -0.4 is 10.6 Å². The number of rotatable bonds is 5. The molecule has 0 aliphatic heterocycles. The van der Waals surface area contributed by atoms with Gasteiger partial charge in [0.05, 0.1) is 6.54 Å². The third kappa shape index (κ3) is 4.35. The quantitative estimate of drug-likeness (QED) is 0.788. The lowest BCUT2D eigenvalue weighted by atomic mass is 10.1. The molecule has 2 amide bonds. The van der Waals surface area contributed by atoms with Crippen molar-refractivity contribution in [3.05, 3.63) is 29.3 Å². The molecular weight excluding hydrogens is 232 g/mol. The maximum atomic E-state index is 11.6. The fourth-order valence-electron chi connectivity index (χ4n) is 1.43. The van der Waals surface area contributed by atoms with Gasteiger partial charge in [0.2, 0.25) is 0 Å². The Morgan fingerprint density at radius 3 is 2.44 bits per heavy atom. The Morgan fingerprint density at radius 1 is 1.22 bits per heavy atom. The molecule has 1 aromatic rings. The normalized spacial score (nSPS) is 10.5. The molecule has 0 radical (unpaired) electrons. The van der Waals surface area contributed by atoms with E-state index in [4.69, 9.17) is 9.47 Å². The Hall–Kier alpha value is -1.59. The standard InChI is InChI=1S/C13H20N2O3/c1-9-5-6-11(7-10(9)2)15-13(16)14-8-12(17-3)18-4/h5-7,12H,8H2,1-4H3,(H2,14,15,16). The summed E-state index contributed by atoms with van der Waals surface area (Å²) in [6.07, 6.45) is -0.435. The highest BCUT2D eigenvalue weighted by Crippen LogP contribution is 2.13. The van der Waals surface area contributed by atoms with Crippen LogP contribution in [0.15, 0.2) is 18.2 Å². The van der Waals surface area contributed by atoms with E-state index in [2.05, 4.69) is 10.6 Å². The average molecular weight is 252 g/mol. The molecule has 0 fully saturated rings. The molecule has 0 bridgehead atoms. The predicted octanol–water partition coefficient (Wildman–Crippen LogP) is 2.04. The number of benzene rings is 1. The van der Waals surface area contributed by atoms with Crippen molar-refractivity contribution in [3.8, 4) is 0 Å². The highest BCUT2D eigenvalue weighted by molar-refractivity contribution is 5.89. The number of ether oxygens (including phenoxy) is 2. The Balaban J connectivity index is 2.46. The zero-order chi connectivity index (χ0) is 13.5. The molecular formula is C13H20N2O3. The van der Waals surface area contributed by atoms with Crippen LogP contribution in [0.2, 0.25) is 0 Å². The van der Waals surface area contributed by atoms with Crippen LogP contribution in [0.5, 0.6) is 0 Å². The van der Waals surface area contributed by atoms with Crippen molar-refractivity contribution >= 4 is 11.7 Å². The molecule has 0 saturated carbocycles. The van der Waals surface area contributed by atoms with Crippen LogP contribution in [0, 0.1) is 13.8 Å². The van der Waals surface area contributed by atoms with E-state index >= 15 is 0 Å². The molecule has 0 aliphatic rings. The summed E-state index contributed by atoms with van der Waals surface area (Å²) in [6.45, 7) is 4.33. The Kier molecular flexibility index (Phi) is 5.61. The highest BCUT2D eigenvalue weighted by Gasteiger charge is 2.07. The van der Waals surface area contributed by atoms with E-state index in [9.17, 15) is 4.79 Å². The monoisotopic (exact) mass is 252 g/mol. The van der Waals surface area contributed by atoms with Gasteiger partial charge in [-0.2, -0.15) is 0 Å². The summed E-state index contributed by atoms with van der Waals surface area (Å²) in [5.41, 5.74) is 3.10. The molecule has 2 N–H and O–H groups in total. The summed E-state index contributed by atoms with van der Waals surface area (Å²) in [7, 11) is 3.05. The minimum Gasteiger partial charge on any atom is -0.354 e. The second kappa shape index (κ2) is 6.98. The lowest BCUT2D eigenvalue weighted by Crippen LogP contribution is -2.36. The minimum atomic E-state index is -0.435. The maximum Gasteiger partial charge on any atom is 0.319 e. The van der Waals surface area contributed by atoms with Gasteiger partial charge < -0.3 is 20.1 Å². The largest absolute Gasteiger partial charge is 0.354 e. The number of nitrogens with one attached hydrogen (secondary N) is 2. The van der Waals surface area contributed by atoms with Crippen LogP contribution in [-0.2, 0) is 9.47 Å². The maximum absolute atomic E-state index is 11.6. The van der Waals surface area contributed by atoms with E-state index in [1.165, 1.54) is 19.8 Å². The molecule has 5 nitrogen and oxygen atoms in total. The van der Waals surface area contributed by atoms with Crippen molar-refractivity contribution in [1.29, 1.82) is 0 Å². The predicted molar refractivity (Wildman–Crippen MR) is 70.7 cm³/mol. The third-order valence-electron chi connectivity index (χ3n) is 2.72. The Bertz CT molecular complexity index is 403. The highest BCUT2D eigenvalue weighted by atomic mass is 16.7. The molecule has 0 saturated heterocycles. The molecule has 0 aliphatic carbocycles. The van der Waals surface area contributed by atoms with E-state index in [1.54, 1.807) is 0 Å². The van der Waals surface area contributed by atoms with E-state index in [0.29, 0.717) is 6.54 Å². The van der Waals surface area contributed by atoms with Crippen LogP contribution in [-0.4, -0.2) is 33.1 Å². The zero-order valence-electron chi connectivity index (χ0n) is 11.2. The molecule has 0 heterocycles. The number of amides is 2. The van der Waals surface area contributed by atoms with Gasteiger partial charge in [0, 0.05) is 19.9 Å². The first-order valence-electron chi connectivity index (χ1n) is 5.74. The molecule has 18 heavy (non-hydrogen) atoms. The molecule has 100 valence electrons. The van der Waals surface area contributed by atoms with Gasteiger partial charge in [-0.1, -0.05) is 6.07 Å². The smallest absolute Gasteiger partial charge is 0.319 e. The number of hydrogen-bond donors (Lipinski definition) is 2. The Morgan fingerprint density at radius 2 is 1.89 bits per heavy atom. The van der Waals surface area contributed by atoms with Crippen LogP contribution >= 0.6 is 0 Å². The summed E-state index contributed by atoms with van der Waals surface area (Å²) < 4.78 is 9.94. The lowest BCUT2D eigenvalue weighted by Gasteiger charge is -2.14. The van der Waals surface area contributed by atoms with Crippen LogP contribution in [0.25, 0.3) is 0 Å². The molecule has 0 unspecified atom stereocenters. The lowest BCUT2D eigenvalue weighted by molar-refractivity contribution is -0.0970. The fraction of sp³-hybridized carbons (Fsp3) is 0.462. The van der Waals surface area contributed by atoms with Crippen molar-refractivity contribution in [1.82, 2.24) is 5.32 Å². The number of carbonyl (C=O) groups is 1. The van der Waals surface area contributed by atoms with Crippen molar-refractivity contribution in [2.45, 2.75) is 20.1 Å². The first kappa shape index (κ1) is 14.5. The van der Waals surface area contributed by atoms with Gasteiger partial charge in [0.1, 0.15) is 0 Å². The van der Waals surface area contributed by atoms with Gasteiger partial charge in [0.25, 0.3) is 0 Å². The second-order valence-corrected chi connectivity index (χ2v) is 4.04. The summed E-state index contributed by atoms with van der Waals surface area (Å²) in [5.74, 6) is 0. The topological polar surface area (TPSA) is 59.6 Å². The Labute approximate surface area is 107 Å². The van der Waals surface area contributed by atoms with Crippen LogP contribution in [0.3, 0.4) is 0 Å². The summed E-state index contributed by atoms with van der Waals surface area (Å²) in [6, 6.07) is 5.49. The van der Waals surface area contributed by atoms with Crippen LogP contribution in [0.1, 0.15) is 11.1 Å². The molecule has 0 atom stereocenters. The number of anilines is 1. The molecule has 5 heteroatoms. The number of carbonyl (C=O) groups excluding carboxylic acids is 1. The third-order valence-corrected chi connectivity index (χ3v) is 2.72. The second-order valence-electron chi connectivity index (χ2n) is 4.04. The number of urea groups is 1. The molecule has 1 rings (SSSR count). The molecule has 0 spiro atoms. The van der Waals surface area contributed by atoms with E-state index in [1.807, 2.05) is 32.0 Å². The van der Waals surface area contributed by atoms with E-state index < -0.39 is 6.29 Å². The van der Waals surface area contributed by atoms with Crippen molar-refractivity contribution in [2.75, 3.05) is 26.1 Å². The summed E-state index contributed by atoms with van der Waals surface area (Å²) in [5, 5.41) is 5.42. The first-order chi connectivity index (χ1) is 8.56. The minimum absolute atomic E-state index is 0.280. The van der Waals surface area contributed by atoms with E-state index in [0.717, 1.165) is 11.3 Å². The van der Waals surface area contributed by atoms with E-state index in [-0.39, 0.29) is 6.03 Å². The molecule has 1 aromatic carbocycles. The van der Waals surface area contributed by atoms with Crippen LogP contribution in [0.4, 0.5) is 10.5 Å². The zero-order valence-corrected chi connectivity index (χ0v) is 11.2. The van der Waals surface area contributed by atoms with Gasteiger partial charge in [-0.15, -0.1) is 0 Å². The summed E-state index contributed by atoms with van der Waals surface area (Å²) >= 11 is 0. The SMILES string of the molecule is COC(CNC(=O)Nc1ccc(C)c(C)c1)OC. The molecule has 0 aromatic heterocycles. The van der Waals surface area contributed by atoms with Gasteiger partial charge in [0.15, 0.2) is 6.29 Å². The van der Waals surface area contributed by atoms with Crippen molar-refractivity contribution in [2.24, 2.45) is 0 Å². The first-order valence-corrected chi connectivity index (χ1v) is 5.74. The summed E-state index contributed by atoms with van der Waals surface area (Å²) in [4.78, 5) is 11.6. The van der Waals surface area contributed by atoms with Gasteiger partial charge >= 0.3 is 6.03 Å². The fourth-order valence-corrected chi connectivity index (χ4v) is 1.43. The number of methoxy groups -OCH3 is 2. The van der Waals surface area contributed by atoms with Gasteiger partial charge in [-0.3, -0.25) is 0 Å². The van der Waals surface area contributed by atoms with Crippen molar-refractivity contribution < 1.29 is 14.3 Å². The van der Waals surface area contributed by atoms with Gasteiger partial charge in [-0.25, -0.2) is 4.79 Å². The van der Waals surface area contributed by atoms with Gasteiger partial charge in [-0.05, 0) is 37.1 Å².